The van der Waals surface area contributed by atoms with Crippen LogP contribution >= 0.6 is 0 Å². The molecule has 0 heterocycles. The Labute approximate surface area is 88.2 Å². The number of carbonyl (C=O) groups excluding carboxylic acids is 1. The first-order valence-electron chi connectivity index (χ1n) is 3.97. The van der Waals surface area contributed by atoms with E-state index in [-0.39, 0.29) is 7.43 Å². The van der Waals surface area contributed by atoms with Gasteiger partial charge in [0, 0.05) is 14.2 Å². The maximum absolute atomic E-state index is 11.9. The Kier molecular flexibility index (Phi) is 5.93. The third kappa shape index (κ3) is 5.61. The monoisotopic (exact) mass is 229 g/mol. The fourth-order valence-electron chi connectivity index (χ4n) is 0.888. The van der Waals surface area contributed by atoms with Crippen molar-refractivity contribution in [2.24, 2.45) is 0 Å². The molecule has 1 amide bonds. The summed E-state index contributed by atoms with van der Waals surface area (Å²) in [5, 5.41) is 0. The van der Waals surface area contributed by atoms with Gasteiger partial charge < -0.3 is 9.64 Å². The lowest BCUT2D eigenvalue weighted by molar-refractivity contribution is -0.170. The molecule has 0 fully saturated rings. The van der Waals surface area contributed by atoms with Gasteiger partial charge >= 0.3 is 6.18 Å². The molecule has 0 aliphatic rings. The van der Waals surface area contributed by atoms with Crippen molar-refractivity contribution >= 4 is 5.91 Å². The first kappa shape index (κ1) is 16.6. The van der Waals surface area contributed by atoms with Crippen LogP contribution in [0.4, 0.5) is 13.2 Å². The van der Waals surface area contributed by atoms with Gasteiger partial charge in [0.2, 0.25) is 0 Å². The van der Waals surface area contributed by atoms with Crippen LogP contribution in [0.15, 0.2) is 0 Å². The normalized spacial score (nSPS) is 11.9. The molecule has 0 aliphatic carbocycles. The van der Waals surface area contributed by atoms with E-state index in [4.69, 9.17) is 4.74 Å². The highest BCUT2D eigenvalue weighted by Crippen LogP contribution is 2.18. The molecule has 0 unspecified atom stereocenters. The van der Waals surface area contributed by atoms with Gasteiger partial charge in [-0.3, -0.25) is 4.79 Å². The van der Waals surface area contributed by atoms with E-state index in [1.807, 2.05) is 0 Å². The summed E-state index contributed by atoms with van der Waals surface area (Å²) in [6, 6.07) is 0. The Morgan fingerprint density at radius 2 is 1.73 bits per heavy atom. The molecule has 0 bridgehead atoms. The van der Waals surface area contributed by atoms with Gasteiger partial charge in [-0.25, -0.2) is 0 Å². The number of nitrogens with zero attached hydrogens (tertiary/aromatic N) is 1. The topological polar surface area (TPSA) is 29.5 Å². The second-order valence-corrected chi connectivity index (χ2v) is 3.49. The van der Waals surface area contributed by atoms with E-state index in [0.717, 1.165) is 7.05 Å². The minimum atomic E-state index is -4.38. The van der Waals surface area contributed by atoms with Crippen molar-refractivity contribution in [2.75, 3.05) is 20.7 Å². The number of likely N-dealkylation sites (N-methyl/N-ethyl adjacent to an activating group) is 1. The largest absolute Gasteiger partial charge is 0.406 e. The summed E-state index contributed by atoms with van der Waals surface area (Å²) < 4.78 is 40.5. The van der Waals surface area contributed by atoms with Gasteiger partial charge in [0.05, 0.1) is 0 Å². The van der Waals surface area contributed by atoms with Gasteiger partial charge in [-0.15, -0.1) is 0 Å². The Morgan fingerprint density at radius 1 is 1.33 bits per heavy atom. The lowest BCUT2D eigenvalue weighted by Crippen LogP contribution is -2.47. The van der Waals surface area contributed by atoms with E-state index in [2.05, 4.69) is 0 Å². The number of rotatable bonds is 3. The third-order valence-electron chi connectivity index (χ3n) is 1.79. The molecule has 0 saturated heterocycles. The summed E-state index contributed by atoms with van der Waals surface area (Å²) in [5.41, 5.74) is -1.22. The third-order valence-corrected chi connectivity index (χ3v) is 1.79. The standard InChI is InChI=1S/C8H14F3NO2.CH4/c1-7(2,14-4)6(13)12(3)5-8(9,10)11;/h5H2,1-4H3;1H4. The van der Waals surface area contributed by atoms with Crippen LogP contribution in [0.3, 0.4) is 0 Å². The molecule has 0 atom stereocenters. The summed E-state index contributed by atoms with van der Waals surface area (Å²) >= 11 is 0. The molecule has 0 saturated carbocycles. The van der Waals surface area contributed by atoms with Crippen molar-refractivity contribution in [2.45, 2.75) is 33.1 Å². The fourth-order valence-corrected chi connectivity index (χ4v) is 0.888. The second-order valence-electron chi connectivity index (χ2n) is 3.49. The number of methoxy groups -OCH3 is 1. The molecule has 0 aromatic carbocycles. The molecule has 0 radical (unpaired) electrons. The average Bonchev–Trinajstić information content (AvgIpc) is 2.00. The molecular weight excluding hydrogens is 211 g/mol. The Hall–Kier alpha value is -0.780. The van der Waals surface area contributed by atoms with E-state index in [1.165, 1.54) is 21.0 Å². The van der Waals surface area contributed by atoms with Crippen LogP contribution in [-0.4, -0.2) is 43.3 Å². The number of ether oxygens (including phenoxy) is 1. The highest BCUT2D eigenvalue weighted by atomic mass is 19.4. The summed E-state index contributed by atoms with van der Waals surface area (Å²) in [5.74, 6) is -0.697. The Bertz CT molecular complexity index is 214. The van der Waals surface area contributed by atoms with Gasteiger partial charge in [-0.05, 0) is 13.8 Å². The lowest BCUT2D eigenvalue weighted by atomic mass is 10.1. The van der Waals surface area contributed by atoms with Crippen molar-refractivity contribution in [1.82, 2.24) is 4.90 Å². The van der Waals surface area contributed by atoms with Crippen LogP contribution in [0.1, 0.15) is 21.3 Å². The molecule has 6 heteroatoms. The minimum Gasteiger partial charge on any atom is -0.369 e. The van der Waals surface area contributed by atoms with Crippen molar-refractivity contribution in [3.63, 3.8) is 0 Å². The lowest BCUT2D eigenvalue weighted by Gasteiger charge is -2.28. The van der Waals surface area contributed by atoms with Gasteiger partial charge in [0.25, 0.3) is 5.91 Å². The highest BCUT2D eigenvalue weighted by Gasteiger charge is 2.36. The molecule has 0 aromatic heterocycles. The number of hydrogen-bond donors (Lipinski definition) is 0. The van der Waals surface area contributed by atoms with E-state index in [1.54, 1.807) is 0 Å². The first-order valence-corrected chi connectivity index (χ1v) is 3.97. The number of hydrogen-bond acceptors (Lipinski definition) is 2. The maximum atomic E-state index is 11.9. The number of halogens is 3. The molecule has 0 aliphatic heterocycles. The van der Waals surface area contributed by atoms with E-state index in [9.17, 15) is 18.0 Å². The summed E-state index contributed by atoms with van der Waals surface area (Å²) in [6.07, 6.45) is -4.38. The van der Waals surface area contributed by atoms with Crippen molar-refractivity contribution in [1.29, 1.82) is 0 Å². The second kappa shape index (κ2) is 5.34. The zero-order valence-corrected chi connectivity index (χ0v) is 8.60. The summed E-state index contributed by atoms with van der Waals surface area (Å²) in [7, 11) is 2.37. The Balaban J connectivity index is 0. The van der Waals surface area contributed by atoms with E-state index >= 15 is 0 Å². The van der Waals surface area contributed by atoms with Crippen LogP contribution < -0.4 is 0 Å². The van der Waals surface area contributed by atoms with Crippen LogP contribution in [-0.2, 0) is 9.53 Å². The van der Waals surface area contributed by atoms with Crippen molar-refractivity contribution < 1.29 is 22.7 Å². The van der Waals surface area contributed by atoms with Crippen LogP contribution in [0.25, 0.3) is 0 Å². The predicted molar refractivity (Wildman–Crippen MR) is 51.5 cm³/mol. The highest BCUT2D eigenvalue weighted by molar-refractivity contribution is 5.84. The molecule has 3 nitrogen and oxygen atoms in total. The van der Waals surface area contributed by atoms with Gasteiger partial charge in [0.1, 0.15) is 12.1 Å². The molecule has 0 aromatic rings. The summed E-state index contributed by atoms with van der Waals surface area (Å²) in [4.78, 5) is 12.0. The maximum Gasteiger partial charge on any atom is 0.406 e. The number of alkyl halides is 3. The minimum absolute atomic E-state index is 0. The smallest absolute Gasteiger partial charge is 0.369 e. The summed E-state index contributed by atoms with van der Waals surface area (Å²) in [6.45, 7) is 1.57. The van der Waals surface area contributed by atoms with Crippen LogP contribution in [0, 0.1) is 0 Å². The van der Waals surface area contributed by atoms with Crippen molar-refractivity contribution in [3.05, 3.63) is 0 Å². The quantitative estimate of drug-likeness (QED) is 0.741. The average molecular weight is 229 g/mol. The molecule has 0 N–H and O–H groups in total. The van der Waals surface area contributed by atoms with Crippen molar-refractivity contribution in [3.8, 4) is 0 Å². The number of carbonyl (C=O) groups is 1. The number of amides is 1. The molecule has 0 rings (SSSR count). The molecular formula is C9H18F3NO2. The SMILES string of the molecule is C.COC(C)(C)C(=O)N(C)CC(F)(F)F. The van der Waals surface area contributed by atoms with Gasteiger partial charge in [-0.1, -0.05) is 7.43 Å². The first-order chi connectivity index (χ1) is 6.10. The van der Waals surface area contributed by atoms with Gasteiger partial charge in [0.15, 0.2) is 0 Å². The fraction of sp³-hybridized carbons (Fsp3) is 0.889. The van der Waals surface area contributed by atoms with Gasteiger partial charge in [-0.2, -0.15) is 13.2 Å². The zero-order chi connectivity index (χ0) is 11.6. The molecule has 0 spiro atoms. The predicted octanol–water partition coefficient (Wildman–Crippen LogP) is 2.07. The zero-order valence-electron chi connectivity index (χ0n) is 8.60. The Morgan fingerprint density at radius 3 is 2.00 bits per heavy atom. The van der Waals surface area contributed by atoms with Crippen LogP contribution in [0.2, 0.25) is 0 Å². The molecule has 15 heavy (non-hydrogen) atoms. The van der Waals surface area contributed by atoms with E-state index < -0.39 is 24.2 Å². The molecule has 92 valence electrons. The van der Waals surface area contributed by atoms with E-state index in [0.29, 0.717) is 4.90 Å². The van der Waals surface area contributed by atoms with Crippen LogP contribution in [0.5, 0.6) is 0 Å².